The molecule has 1 aromatic rings. The highest BCUT2D eigenvalue weighted by molar-refractivity contribution is 6.11. The van der Waals surface area contributed by atoms with Gasteiger partial charge in [0.1, 0.15) is 0 Å². The summed E-state index contributed by atoms with van der Waals surface area (Å²) in [5, 5.41) is 0. The third kappa shape index (κ3) is 1.73. The van der Waals surface area contributed by atoms with E-state index in [2.05, 4.69) is 31.2 Å². The average Bonchev–Trinajstić information content (AvgIpc) is 2.43. The molecule has 0 saturated heterocycles. The fourth-order valence-electron chi connectivity index (χ4n) is 3.64. The van der Waals surface area contributed by atoms with Crippen molar-refractivity contribution < 1.29 is 14.3 Å². The van der Waals surface area contributed by atoms with Crippen molar-refractivity contribution in [1.29, 1.82) is 0 Å². The van der Waals surface area contributed by atoms with E-state index in [1.165, 1.54) is 18.7 Å². The predicted molar refractivity (Wildman–Crippen MR) is 75.2 cm³/mol. The third-order valence-electron chi connectivity index (χ3n) is 4.74. The Morgan fingerprint density at radius 1 is 1.00 bits per heavy atom. The summed E-state index contributed by atoms with van der Waals surface area (Å²) in [5.74, 6) is 0.112. The summed E-state index contributed by atoms with van der Waals surface area (Å²) in [5.41, 5.74) is 2.34. The van der Waals surface area contributed by atoms with Crippen LogP contribution in [0.25, 0.3) is 0 Å². The molecule has 0 unspecified atom stereocenters. The van der Waals surface area contributed by atoms with Gasteiger partial charge in [-0.05, 0) is 24.3 Å². The molecule has 1 fully saturated rings. The Hall–Kier alpha value is -1.90. The minimum absolute atomic E-state index is 0.0271. The topological polar surface area (TPSA) is 43.4 Å². The van der Waals surface area contributed by atoms with Crippen LogP contribution in [0.3, 0.4) is 0 Å². The van der Waals surface area contributed by atoms with E-state index < -0.39 is 0 Å². The largest absolute Gasteiger partial charge is 0.493 e. The first-order valence-corrected chi connectivity index (χ1v) is 6.95. The maximum atomic E-state index is 12.4. The predicted octanol–water partition coefficient (Wildman–Crippen LogP) is 2.64. The first-order valence-electron chi connectivity index (χ1n) is 6.95. The fraction of sp³-hybridized carbons (Fsp3) is 0.412. The van der Waals surface area contributed by atoms with Crippen molar-refractivity contribution >= 4 is 11.6 Å². The molecule has 0 aromatic heterocycles. The van der Waals surface area contributed by atoms with Crippen LogP contribution in [0.5, 0.6) is 0 Å². The molecule has 0 radical (unpaired) electrons. The Bertz CT molecular complexity index is 597. The number of benzene rings is 1. The average molecular weight is 270 g/mol. The smallest absolute Gasteiger partial charge is 0.201 e. The number of allylic oxidation sites excluding steroid dienone is 2. The van der Waals surface area contributed by atoms with Crippen LogP contribution in [0.1, 0.15) is 24.0 Å². The second kappa shape index (κ2) is 4.58. The standard InChI is InChI=1S/C17H18O3/c1-9-4-6-11(7-5-9)14-10(2)15-12(18)8-13(20-3)17(19)16(14)15/h4-8,10,14-16H,1-3H3/t10-,14+,15-,16-/m1/s1. The molecule has 3 rings (SSSR count). The van der Waals surface area contributed by atoms with E-state index in [1.54, 1.807) is 0 Å². The minimum atomic E-state index is -0.250. The number of methoxy groups -OCH3 is 1. The molecule has 104 valence electrons. The van der Waals surface area contributed by atoms with Gasteiger partial charge in [-0.2, -0.15) is 0 Å². The summed E-state index contributed by atoms with van der Waals surface area (Å²) in [4.78, 5) is 24.5. The Morgan fingerprint density at radius 2 is 1.65 bits per heavy atom. The van der Waals surface area contributed by atoms with Gasteiger partial charge in [-0.3, -0.25) is 9.59 Å². The van der Waals surface area contributed by atoms with Crippen LogP contribution in [0.4, 0.5) is 0 Å². The van der Waals surface area contributed by atoms with Crippen molar-refractivity contribution in [3.8, 4) is 0 Å². The van der Waals surface area contributed by atoms with E-state index in [4.69, 9.17) is 4.74 Å². The molecule has 0 N–H and O–H groups in total. The first-order chi connectivity index (χ1) is 9.54. The van der Waals surface area contributed by atoms with E-state index in [-0.39, 0.29) is 41.0 Å². The van der Waals surface area contributed by atoms with Gasteiger partial charge in [0, 0.05) is 17.9 Å². The molecule has 0 bridgehead atoms. The van der Waals surface area contributed by atoms with E-state index in [0.29, 0.717) is 0 Å². The summed E-state index contributed by atoms with van der Waals surface area (Å²) in [6, 6.07) is 8.24. The summed E-state index contributed by atoms with van der Waals surface area (Å²) in [7, 11) is 1.44. The van der Waals surface area contributed by atoms with Gasteiger partial charge in [-0.1, -0.05) is 36.8 Å². The molecule has 0 heterocycles. The third-order valence-corrected chi connectivity index (χ3v) is 4.74. The van der Waals surface area contributed by atoms with Gasteiger partial charge in [-0.15, -0.1) is 0 Å². The van der Waals surface area contributed by atoms with E-state index >= 15 is 0 Å². The molecule has 0 spiro atoms. The molecule has 2 aliphatic carbocycles. The van der Waals surface area contributed by atoms with Gasteiger partial charge in [0.05, 0.1) is 7.11 Å². The zero-order valence-corrected chi connectivity index (χ0v) is 11.9. The van der Waals surface area contributed by atoms with Crippen molar-refractivity contribution in [3.63, 3.8) is 0 Å². The van der Waals surface area contributed by atoms with Crippen LogP contribution in [-0.2, 0) is 14.3 Å². The van der Waals surface area contributed by atoms with Crippen molar-refractivity contribution in [1.82, 2.24) is 0 Å². The number of aryl methyl sites for hydroxylation is 1. The maximum absolute atomic E-state index is 12.4. The normalized spacial score (nSPS) is 32.2. The number of hydrogen-bond donors (Lipinski definition) is 0. The van der Waals surface area contributed by atoms with Gasteiger partial charge < -0.3 is 4.74 Å². The Morgan fingerprint density at radius 3 is 2.25 bits per heavy atom. The molecule has 0 aliphatic heterocycles. The van der Waals surface area contributed by atoms with Crippen molar-refractivity contribution in [2.24, 2.45) is 17.8 Å². The molecule has 4 atom stereocenters. The second-order valence-corrected chi connectivity index (χ2v) is 5.83. The van der Waals surface area contributed by atoms with Crippen LogP contribution in [0.15, 0.2) is 36.1 Å². The van der Waals surface area contributed by atoms with Gasteiger partial charge in [-0.25, -0.2) is 0 Å². The van der Waals surface area contributed by atoms with Gasteiger partial charge in [0.25, 0.3) is 0 Å². The number of Topliss-reactive ketones (excluding diaryl/α,β-unsaturated/α-hetero) is 1. The van der Waals surface area contributed by atoms with Gasteiger partial charge >= 0.3 is 0 Å². The SMILES string of the molecule is COC1=CC(=O)[C@H]2[C@H](C)[C@@H](c3ccc(C)cc3)[C@H]2C1=O. The number of ketones is 2. The molecule has 3 nitrogen and oxygen atoms in total. The molecule has 2 aliphatic rings. The zero-order valence-electron chi connectivity index (χ0n) is 11.9. The fourth-order valence-corrected chi connectivity index (χ4v) is 3.64. The summed E-state index contributed by atoms with van der Waals surface area (Å²) in [6.45, 7) is 4.10. The number of ether oxygens (including phenoxy) is 1. The van der Waals surface area contributed by atoms with E-state index in [9.17, 15) is 9.59 Å². The molecule has 3 heteroatoms. The van der Waals surface area contributed by atoms with Gasteiger partial charge in [0.2, 0.25) is 5.78 Å². The molecule has 1 saturated carbocycles. The minimum Gasteiger partial charge on any atom is -0.493 e. The van der Waals surface area contributed by atoms with Crippen molar-refractivity contribution in [3.05, 3.63) is 47.2 Å². The van der Waals surface area contributed by atoms with Crippen LogP contribution in [0, 0.1) is 24.7 Å². The van der Waals surface area contributed by atoms with E-state index in [0.717, 1.165) is 5.56 Å². The summed E-state index contributed by atoms with van der Waals surface area (Å²) >= 11 is 0. The molecule has 0 amide bonds. The molecular formula is C17H18O3. The highest BCUT2D eigenvalue weighted by Crippen LogP contribution is 2.55. The highest BCUT2D eigenvalue weighted by atomic mass is 16.5. The Balaban J connectivity index is 1.96. The van der Waals surface area contributed by atoms with Crippen LogP contribution < -0.4 is 0 Å². The van der Waals surface area contributed by atoms with Crippen LogP contribution in [-0.4, -0.2) is 18.7 Å². The zero-order chi connectivity index (χ0) is 14.4. The summed E-state index contributed by atoms with van der Waals surface area (Å²) < 4.78 is 5.06. The monoisotopic (exact) mass is 270 g/mol. The number of rotatable bonds is 2. The molecule has 1 aromatic carbocycles. The maximum Gasteiger partial charge on any atom is 0.201 e. The number of carbonyl (C=O) groups is 2. The lowest BCUT2D eigenvalue weighted by Gasteiger charge is -2.50. The Kier molecular flexibility index (Phi) is 3.00. The number of carbonyl (C=O) groups excluding carboxylic acids is 2. The number of hydrogen-bond acceptors (Lipinski definition) is 3. The van der Waals surface area contributed by atoms with Crippen LogP contribution >= 0.6 is 0 Å². The van der Waals surface area contributed by atoms with Crippen LogP contribution in [0.2, 0.25) is 0 Å². The highest BCUT2D eigenvalue weighted by Gasteiger charge is 2.57. The van der Waals surface area contributed by atoms with E-state index in [1.807, 2.05) is 6.92 Å². The lowest BCUT2D eigenvalue weighted by Crippen LogP contribution is -2.53. The lowest BCUT2D eigenvalue weighted by molar-refractivity contribution is -0.144. The molecule has 20 heavy (non-hydrogen) atoms. The summed E-state index contributed by atoms with van der Waals surface area (Å²) in [6.07, 6.45) is 1.37. The van der Waals surface area contributed by atoms with Crippen molar-refractivity contribution in [2.45, 2.75) is 19.8 Å². The Labute approximate surface area is 118 Å². The lowest BCUT2D eigenvalue weighted by atomic mass is 9.51. The second-order valence-electron chi connectivity index (χ2n) is 5.83. The van der Waals surface area contributed by atoms with Crippen molar-refractivity contribution in [2.75, 3.05) is 7.11 Å². The first kappa shape index (κ1) is 13.1. The molecular weight excluding hydrogens is 252 g/mol. The number of fused-ring (bicyclic) bond motifs is 1. The quantitative estimate of drug-likeness (QED) is 0.829. The van der Waals surface area contributed by atoms with Gasteiger partial charge in [0.15, 0.2) is 11.5 Å².